The van der Waals surface area contributed by atoms with Gasteiger partial charge >= 0.3 is 10.5 Å². The Kier molecular flexibility index (Phi) is 10.2. The minimum Gasteiger partial charge on any atom is -0.323 e. The van der Waals surface area contributed by atoms with Crippen LogP contribution in [0, 0.1) is 0 Å². The number of carbonyl (C=O) groups excluding carboxylic acids is 2. The molecule has 0 saturated heterocycles. The van der Waals surface area contributed by atoms with Crippen molar-refractivity contribution in [2.24, 2.45) is 0 Å². The van der Waals surface area contributed by atoms with E-state index in [1.165, 1.54) is 0 Å². The van der Waals surface area contributed by atoms with Crippen LogP contribution in [0.15, 0.2) is 0 Å². The minimum atomic E-state index is -1.14. The van der Waals surface area contributed by atoms with Crippen molar-refractivity contribution in [3.05, 3.63) is 0 Å². The molecule has 3 nitrogen and oxygen atoms in total. The molecular weight excluding hydrogens is 165 g/mol. The highest BCUT2D eigenvalue weighted by molar-refractivity contribution is 6.97. The lowest BCUT2D eigenvalue weighted by molar-refractivity contribution is -0.127. The Bertz CT molecular complexity index is 92.7. The largest absolute Gasteiger partial charge is 0.323 e. The zero-order valence-electron chi connectivity index (χ0n) is 5.07. The van der Waals surface area contributed by atoms with E-state index < -0.39 is 10.5 Å². The fourth-order valence-corrected chi connectivity index (χ4v) is 0. The zero-order chi connectivity index (χ0) is 7.86. The van der Waals surface area contributed by atoms with E-state index in [0.717, 1.165) is 0 Å². The van der Waals surface area contributed by atoms with Crippen molar-refractivity contribution in [1.82, 2.24) is 5.32 Å². The van der Waals surface area contributed by atoms with Crippen LogP contribution in [0.4, 0.5) is 0 Å². The van der Waals surface area contributed by atoms with E-state index in [0.29, 0.717) is 0 Å². The molecule has 0 aromatic rings. The van der Waals surface area contributed by atoms with Crippen LogP contribution in [-0.4, -0.2) is 24.6 Å². The second kappa shape index (κ2) is 7.88. The van der Waals surface area contributed by atoms with Crippen molar-refractivity contribution in [2.75, 3.05) is 14.1 Å². The maximum atomic E-state index is 9.43. The lowest BCUT2D eigenvalue weighted by Crippen LogP contribution is -1.94. The molecule has 0 radical (unpaired) electrons. The molecule has 0 aromatic carbocycles. The topological polar surface area (TPSA) is 46.2 Å². The number of nitrogens with one attached hydrogen (secondary N) is 1. The number of halogens is 2. The molecule has 0 bridgehead atoms. The van der Waals surface area contributed by atoms with Gasteiger partial charge in [-0.05, 0) is 37.3 Å². The summed E-state index contributed by atoms with van der Waals surface area (Å²) in [6.45, 7) is 0. The molecule has 0 aliphatic carbocycles. The Morgan fingerprint density at radius 2 is 1.22 bits per heavy atom. The maximum absolute atomic E-state index is 9.43. The van der Waals surface area contributed by atoms with Crippen molar-refractivity contribution in [1.29, 1.82) is 0 Å². The zero-order valence-corrected chi connectivity index (χ0v) is 6.58. The summed E-state index contributed by atoms with van der Waals surface area (Å²) >= 11 is 8.98. The summed E-state index contributed by atoms with van der Waals surface area (Å²) in [5.41, 5.74) is 0. The summed E-state index contributed by atoms with van der Waals surface area (Å²) in [6.07, 6.45) is 0. The second-order valence-electron chi connectivity index (χ2n) is 1.05. The van der Waals surface area contributed by atoms with Crippen LogP contribution in [0.5, 0.6) is 0 Å². The number of hydrogen-bond acceptors (Lipinski definition) is 3. The van der Waals surface area contributed by atoms with E-state index >= 15 is 0 Å². The van der Waals surface area contributed by atoms with Gasteiger partial charge in [0.15, 0.2) is 0 Å². The van der Waals surface area contributed by atoms with Crippen molar-refractivity contribution in [3.8, 4) is 0 Å². The first-order valence-corrected chi connectivity index (χ1v) is 2.79. The molecule has 0 aromatic heterocycles. The van der Waals surface area contributed by atoms with Gasteiger partial charge in [0.05, 0.1) is 0 Å². The first-order valence-electron chi connectivity index (χ1n) is 2.04. The smallest absolute Gasteiger partial charge is 0.304 e. The summed E-state index contributed by atoms with van der Waals surface area (Å²) in [4.78, 5) is 18.9. The van der Waals surface area contributed by atoms with E-state index in [2.05, 4.69) is 28.5 Å². The molecule has 5 heteroatoms. The van der Waals surface area contributed by atoms with Crippen LogP contribution in [0.25, 0.3) is 0 Å². The Morgan fingerprint density at radius 3 is 1.22 bits per heavy atom. The van der Waals surface area contributed by atoms with Crippen molar-refractivity contribution < 1.29 is 9.59 Å². The third kappa shape index (κ3) is 18.1. The molecule has 0 aliphatic rings. The van der Waals surface area contributed by atoms with Gasteiger partial charge in [0, 0.05) is 0 Å². The maximum Gasteiger partial charge on any atom is 0.304 e. The fourth-order valence-electron chi connectivity index (χ4n) is 0. The van der Waals surface area contributed by atoms with Gasteiger partial charge in [-0.15, -0.1) is 0 Å². The molecule has 0 spiro atoms. The van der Waals surface area contributed by atoms with Crippen molar-refractivity contribution in [3.63, 3.8) is 0 Å². The molecule has 9 heavy (non-hydrogen) atoms. The Hall–Kier alpha value is -0.120. The van der Waals surface area contributed by atoms with E-state index in [1.54, 1.807) is 0 Å². The van der Waals surface area contributed by atoms with Crippen molar-refractivity contribution in [2.45, 2.75) is 0 Å². The molecule has 0 amide bonds. The molecule has 0 atom stereocenters. The number of carbonyl (C=O) groups is 2. The first kappa shape index (κ1) is 11.6. The summed E-state index contributed by atoms with van der Waals surface area (Å²) in [5.74, 6) is 0. The molecule has 0 fully saturated rings. The van der Waals surface area contributed by atoms with Gasteiger partial charge in [-0.25, -0.2) is 0 Å². The predicted molar refractivity (Wildman–Crippen MR) is 36.7 cm³/mol. The average Bonchev–Trinajstić information content (AvgIpc) is 1.68. The van der Waals surface area contributed by atoms with Gasteiger partial charge in [-0.1, -0.05) is 0 Å². The van der Waals surface area contributed by atoms with E-state index in [1.807, 2.05) is 14.1 Å². The second-order valence-corrected chi connectivity index (χ2v) is 1.73. The van der Waals surface area contributed by atoms with Crippen LogP contribution >= 0.6 is 23.2 Å². The van der Waals surface area contributed by atoms with E-state index in [9.17, 15) is 9.59 Å². The van der Waals surface area contributed by atoms with Crippen LogP contribution < -0.4 is 5.32 Å². The summed E-state index contributed by atoms with van der Waals surface area (Å²) in [7, 11) is 3.75. The Labute approximate surface area is 63.3 Å². The van der Waals surface area contributed by atoms with Crippen molar-refractivity contribution >= 4 is 33.7 Å². The average molecular weight is 172 g/mol. The summed E-state index contributed by atoms with van der Waals surface area (Å²) in [5, 5.41) is 0.466. The third-order valence-corrected chi connectivity index (χ3v) is 0.595. The minimum absolute atomic E-state index is 1.14. The Balaban J connectivity index is 0. The van der Waals surface area contributed by atoms with E-state index in [-0.39, 0.29) is 0 Å². The normalized spacial score (nSPS) is 7.11. The molecule has 0 aliphatic heterocycles. The molecule has 0 rings (SSSR count). The number of rotatable bonds is 1. The van der Waals surface area contributed by atoms with Crippen LogP contribution in [-0.2, 0) is 9.59 Å². The fraction of sp³-hybridized carbons (Fsp3) is 0.500. The SMILES string of the molecule is CNC.O=C(Cl)C(=O)Cl. The van der Waals surface area contributed by atoms with E-state index in [4.69, 9.17) is 0 Å². The molecule has 0 heterocycles. The van der Waals surface area contributed by atoms with Gasteiger partial charge in [0.25, 0.3) is 0 Å². The third-order valence-electron chi connectivity index (χ3n) is 0.155. The van der Waals surface area contributed by atoms with Gasteiger partial charge in [0.2, 0.25) is 0 Å². The lowest BCUT2D eigenvalue weighted by Gasteiger charge is -1.67. The highest BCUT2D eigenvalue weighted by Gasteiger charge is 2.01. The molecule has 0 saturated carbocycles. The quantitative estimate of drug-likeness (QED) is 0.458. The van der Waals surface area contributed by atoms with Gasteiger partial charge < -0.3 is 5.32 Å². The van der Waals surface area contributed by atoms with Crippen LogP contribution in [0.2, 0.25) is 0 Å². The number of hydrogen-bond donors (Lipinski definition) is 1. The molecule has 54 valence electrons. The predicted octanol–water partition coefficient (Wildman–Crippen LogP) is 0.353. The van der Waals surface area contributed by atoms with Crippen LogP contribution in [0.1, 0.15) is 0 Å². The first-order chi connectivity index (χ1) is 4.06. The molecule has 0 unspecified atom stereocenters. The van der Waals surface area contributed by atoms with Gasteiger partial charge in [-0.2, -0.15) is 0 Å². The van der Waals surface area contributed by atoms with Gasteiger partial charge in [-0.3, -0.25) is 9.59 Å². The van der Waals surface area contributed by atoms with Gasteiger partial charge in [0.1, 0.15) is 0 Å². The monoisotopic (exact) mass is 171 g/mol. The highest BCUT2D eigenvalue weighted by atomic mass is 35.5. The lowest BCUT2D eigenvalue weighted by atomic mass is 10.9. The molecular formula is C4H7Cl2NO2. The summed E-state index contributed by atoms with van der Waals surface area (Å²) in [6, 6.07) is 0. The van der Waals surface area contributed by atoms with Crippen LogP contribution in [0.3, 0.4) is 0 Å². The standard InChI is InChI=1S/C2Cl2O2.C2H7N/c3-1(5)2(4)6;1-3-2/h;3H,1-2H3. The highest BCUT2D eigenvalue weighted by Crippen LogP contribution is 1.84. The summed E-state index contributed by atoms with van der Waals surface area (Å²) < 4.78 is 0. The Morgan fingerprint density at radius 1 is 1.11 bits per heavy atom. The molecule has 1 N–H and O–H groups in total.